The molecule has 0 spiro atoms. The summed E-state index contributed by atoms with van der Waals surface area (Å²) < 4.78 is 87.3. The molecule has 4 rings (SSSR count). The molecule has 2 aliphatic rings. The van der Waals surface area contributed by atoms with Crippen LogP contribution in [0, 0.1) is 0 Å². The predicted molar refractivity (Wildman–Crippen MR) is 164 cm³/mol. The number of anilines is 1. The van der Waals surface area contributed by atoms with E-state index in [1.165, 1.54) is 4.90 Å². The zero-order valence-electron chi connectivity index (χ0n) is 27.5. The van der Waals surface area contributed by atoms with E-state index in [2.05, 4.69) is 5.32 Å². The highest BCUT2D eigenvalue weighted by Gasteiger charge is 2.71. The van der Waals surface area contributed by atoms with Crippen molar-refractivity contribution in [1.29, 1.82) is 0 Å². The molecule has 264 valence electrons. The fourth-order valence-corrected chi connectivity index (χ4v) is 6.27. The number of hydrogen-bond donors (Lipinski definition) is 2. The number of benzene rings is 2. The Morgan fingerprint density at radius 3 is 2.25 bits per heavy atom. The van der Waals surface area contributed by atoms with Gasteiger partial charge in [0.2, 0.25) is 5.91 Å². The van der Waals surface area contributed by atoms with E-state index in [1.807, 2.05) is 13.8 Å². The molecule has 48 heavy (non-hydrogen) atoms. The fraction of sp³-hybridized carbons (Fsp3) is 0.545. The van der Waals surface area contributed by atoms with Gasteiger partial charge in [0.1, 0.15) is 17.8 Å². The maximum Gasteiger partial charge on any atom is 0.430 e. The van der Waals surface area contributed by atoms with Crippen molar-refractivity contribution in [1.82, 2.24) is 15.1 Å². The van der Waals surface area contributed by atoms with Crippen LogP contribution in [0.4, 0.5) is 36.8 Å². The van der Waals surface area contributed by atoms with Crippen molar-refractivity contribution in [2.45, 2.75) is 96.1 Å². The second kappa shape index (κ2) is 13.1. The number of aliphatic hydroxyl groups is 1. The van der Waals surface area contributed by atoms with Gasteiger partial charge in [-0.2, -0.15) is 26.3 Å². The molecule has 2 aliphatic heterocycles. The number of carbonyl (C=O) groups excluding carboxylic acids is 3. The summed E-state index contributed by atoms with van der Waals surface area (Å²) in [6.07, 6.45) is -11.6. The second-order valence-corrected chi connectivity index (χ2v) is 12.8. The van der Waals surface area contributed by atoms with Crippen molar-refractivity contribution in [2.75, 3.05) is 24.5 Å². The first kappa shape index (κ1) is 36.8. The molecule has 2 fully saturated rings. The molecule has 2 N–H and O–H groups in total. The minimum absolute atomic E-state index is 0.0951. The number of nitrogens with one attached hydrogen (secondary N) is 1. The van der Waals surface area contributed by atoms with E-state index >= 15 is 0 Å². The number of hydrogen-bond acceptors (Lipinski definition) is 6. The van der Waals surface area contributed by atoms with Crippen LogP contribution < -0.4 is 15.0 Å². The SMILES string of the molecule is CCCc1cc(C(O)(C(F)(F)F)C(F)(F)F)ccc1N1C[C@H](C)N(C(=O)CN2C(=O)N[C@](C)(c3cccc(OC(C)C)c3)C2=O)CC1C. The molecule has 2 heterocycles. The number of piperazine rings is 1. The van der Waals surface area contributed by atoms with Crippen molar-refractivity contribution < 1.29 is 50.6 Å². The lowest BCUT2D eigenvalue weighted by Gasteiger charge is -2.46. The highest BCUT2D eigenvalue weighted by molar-refractivity contribution is 6.09. The van der Waals surface area contributed by atoms with Crippen LogP contribution in [0.5, 0.6) is 5.75 Å². The van der Waals surface area contributed by atoms with Crippen LogP contribution >= 0.6 is 0 Å². The molecule has 3 atom stereocenters. The van der Waals surface area contributed by atoms with E-state index in [0.717, 1.165) is 17.0 Å². The standard InChI is InChI=1S/C33H40F6N4O5/c1-7-9-22-14-24(31(47,32(34,35)36)33(37,38)39)12-13-26(22)41-16-21(5)42(17-20(41)4)27(44)18-43-28(45)30(6,40-29(43)46)23-10-8-11-25(15-23)48-19(2)3/h8,10-15,19-21,47H,7,9,16-18H2,1-6H3,(H,40,46)/t20?,21-,30+/m0/s1. The zero-order valence-corrected chi connectivity index (χ0v) is 27.5. The molecule has 1 unspecified atom stereocenters. The van der Waals surface area contributed by atoms with Crippen molar-refractivity contribution >= 4 is 23.5 Å². The summed E-state index contributed by atoms with van der Waals surface area (Å²) in [5, 5.41) is 12.6. The first-order chi connectivity index (χ1) is 22.1. The van der Waals surface area contributed by atoms with Crippen LogP contribution in [0.3, 0.4) is 0 Å². The van der Waals surface area contributed by atoms with Crippen molar-refractivity contribution in [3.8, 4) is 5.75 Å². The summed E-state index contributed by atoms with van der Waals surface area (Å²) in [5.41, 5.74) is -6.79. The maximum absolute atomic E-state index is 13.6. The van der Waals surface area contributed by atoms with Gasteiger partial charge in [-0.3, -0.25) is 14.5 Å². The Bertz CT molecular complexity index is 1530. The highest BCUT2D eigenvalue weighted by Crippen LogP contribution is 2.50. The first-order valence-corrected chi connectivity index (χ1v) is 15.6. The van der Waals surface area contributed by atoms with Crippen LogP contribution in [0.25, 0.3) is 0 Å². The van der Waals surface area contributed by atoms with E-state index in [0.29, 0.717) is 29.5 Å². The summed E-state index contributed by atoms with van der Waals surface area (Å²) in [7, 11) is 0. The van der Waals surface area contributed by atoms with Gasteiger partial charge in [0, 0.05) is 36.4 Å². The average Bonchev–Trinajstić information content (AvgIpc) is 3.20. The molecule has 4 amide bonds. The molecule has 0 bridgehead atoms. The molecule has 2 aromatic carbocycles. The van der Waals surface area contributed by atoms with Gasteiger partial charge in [0.15, 0.2) is 0 Å². The minimum atomic E-state index is -6.01. The normalized spacial score (nSPS) is 22.4. The highest BCUT2D eigenvalue weighted by atomic mass is 19.4. The van der Waals surface area contributed by atoms with Gasteiger partial charge in [-0.05, 0) is 70.4 Å². The van der Waals surface area contributed by atoms with Crippen LogP contribution in [0.15, 0.2) is 42.5 Å². The van der Waals surface area contributed by atoms with Gasteiger partial charge in [-0.15, -0.1) is 0 Å². The van der Waals surface area contributed by atoms with E-state index in [-0.39, 0.29) is 31.2 Å². The number of ether oxygens (including phenoxy) is 1. The third-order valence-electron chi connectivity index (χ3n) is 8.80. The summed E-state index contributed by atoms with van der Waals surface area (Å²) in [5.74, 6) is -0.624. The van der Waals surface area contributed by atoms with Crippen LogP contribution in [0.2, 0.25) is 0 Å². The number of halogens is 6. The number of carbonyl (C=O) groups is 3. The Labute approximate surface area is 274 Å². The predicted octanol–water partition coefficient (Wildman–Crippen LogP) is 5.63. The number of imide groups is 1. The number of urea groups is 1. The van der Waals surface area contributed by atoms with E-state index in [9.17, 15) is 45.8 Å². The topological polar surface area (TPSA) is 102 Å². The van der Waals surface area contributed by atoms with Crippen LogP contribution in [-0.4, -0.2) is 82.9 Å². The van der Waals surface area contributed by atoms with Gasteiger partial charge >= 0.3 is 18.4 Å². The third-order valence-corrected chi connectivity index (χ3v) is 8.80. The Morgan fingerprint density at radius 1 is 1.02 bits per heavy atom. The van der Waals surface area contributed by atoms with Gasteiger partial charge in [-0.25, -0.2) is 4.79 Å². The maximum atomic E-state index is 13.6. The fourth-order valence-electron chi connectivity index (χ4n) is 6.27. The number of alkyl halides is 6. The summed E-state index contributed by atoms with van der Waals surface area (Å²) in [6.45, 7) is 10.1. The monoisotopic (exact) mass is 686 g/mol. The zero-order chi connectivity index (χ0) is 36.0. The van der Waals surface area contributed by atoms with E-state index in [4.69, 9.17) is 4.74 Å². The van der Waals surface area contributed by atoms with Crippen molar-refractivity contribution in [3.05, 3.63) is 59.2 Å². The molecule has 2 aromatic rings. The Hall–Kier alpha value is -4.01. The number of aryl methyl sites for hydroxylation is 1. The molecule has 0 aliphatic carbocycles. The molecule has 2 saturated heterocycles. The smallest absolute Gasteiger partial charge is 0.430 e. The quantitative estimate of drug-likeness (QED) is 0.262. The first-order valence-electron chi connectivity index (χ1n) is 15.6. The Morgan fingerprint density at radius 2 is 1.67 bits per heavy atom. The lowest BCUT2D eigenvalue weighted by molar-refractivity contribution is -0.376. The van der Waals surface area contributed by atoms with Crippen molar-refractivity contribution in [2.24, 2.45) is 0 Å². The van der Waals surface area contributed by atoms with Gasteiger partial charge < -0.3 is 25.0 Å². The van der Waals surface area contributed by atoms with Gasteiger partial charge in [-0.1, -0.05) is 37.6 Å². The van der Waals surface area contributed by atoms with E-state index in [1.54, 1.807) is 56.9 Å². The summed E-state index contributed by atoms with van der Waals surface area (Å²) in [6, 6.07) is 7.55. The number of rotatable bonds is 9. The van der Waals surface area contributed by atoms with E-state index < -0.39 is 65.5 Å². The second-order valence-electron chi connectivity index (χ2n) is 12.8. The molecule has 9 nitrogen and oxygen atoms in total. The molecule has 0 aromatic heterocycles. The van der Waals surface area contributed by atoms with Gasteiger partial charge in [0.25, 0.3) is 11.5 Å². The largest absolute Gasteiger partial charge is 0.491 e. The lowest BCUT2D eigenvalue weighted by atomic mass is 9.89. The minimum Gasteiger partial charge on any atom is -0.491 e. The molecular weight excluding hydrogens is 646 g/mol. The van der Waals surface area contributed by atoms with Crippen LogP contribution in [0.1, 0.15) is 64.7 Å². The molecule has 0 radical (unpaired) electrons. The number of nitrogens with zero attached hydrogens (tertiary/aromatic N) is 3. The lowest BCUT2D eigenvalue weighted by Crippen LogP contribution is -2.60. The molecule has 15 heteroatoms. The molecular formula is C33H40F6N4O5. The molecule has 0 saturated carbocycles. The summed E-state index contributed by atoms with van der Waals surface area (Å²) in [4.78, 5) is 44.2. The Balaban J connectivity index is 1.53. The number of amides is 4. The van der Waals surface area contributed by atoms with Crippen molar-refractivity contribution in [3.63, 3.8) is 0 Å². The van der Waals surface area contributed by atoms with Crippen LogP contribution in [-0.2, 0) is 27.1 Å². The third kappa shape index (κ3) is 6.65. The average molecular weight is 687 g/mol. The summed E-state index contributed by atoms with van der Waals surface area (Å²) >= 11 is 0. The Kier molecular flexibility index (Phi) is 10.1. The van der Waals surface area contributed by atoms with Gasteiger partial charge in [0.05, 0.1) is 6.10 Å².